The Balaban J connectivity index is 1.42. The van der Waals surface area contributed by atoms with E-state index >= 15 is 0 Å². The molecule has 7 nitrogen and oxygen atoms in total. The standard InChI is InChI=1S/C25H34N6O/c1-16(2)23-26-12-19(13-27-23)14-30-11-5-4-6-21(30)24-28-17(3)20-9-10-22(32)31(25(20)29-24)15-18-7-8-18/h12-13,16,18,21H,4-11,14-15H2,1-3H3. The molecule has 170 valence electrons. The third-order valence-corrected chi connectivity index (χ3v) is 7.03. The molecule has 32 heavy (non-hydrogen) atoms. The number of amides is 1. The summed E-state index contributed by atoms with van der Waals surface area (Å²) in [5.41, 5.74) is 3.32. The number of nitrogens with zero attached hydrogens (tertiary/aromatic N) is 6. The van der Waals surface area contributed by atoms with E-state index in [1.807, 2.05) is 17.3 Å². The summed E-state index contributed by atoms with van der Waals surface area (Å²) >= 11 is 0. The Morgan fingerprint density at radius 1 is 1.06 bits per heavy atom. The van der Waals surface area contributed by atoms with Gasteiger partial charge in [0.1, 0.15) is 17.5 Å². The van der Waals surface area contributed by atoms with E-state index in [2.05, 4.69) is 35.6 Å². The highest BCUT2D eigenvalue weighted by Gasteiger charge is 2.35. The van der Waals surface area contributed by atoms with Gasteiger partial charge in [-0.3, -0.25) is 14.6 Å². The van der Waals surface area contributed by atoms with E-state index in [0.29, 0.717) is 18.3 Å². The molecule has 0 aromatic carbocycles. The van der Waals surface area contributed by atoms with Gasteiger partial charge in [-0.1, -0.05) is 20.3 Å². The van der Waals surface area contributed by atoms with Crippen LogP contribution in [0.3, 0.4) is 0 Å². The maximum atomic E-state index is 12.7. The average molecular weight is 435 g/mol. The number of aromatic nitrogens is 4. The number of aryl methyl sites for hydroxylation is 1. The van der Waals surface area contributed by atoms with E-state index in [1.54, 1.807) is 0 Å². The highest BCUT2D eigenvalue weighted by Crippen LogP contribution is 2.37. The zero-order chi connectivity index (χ0) is 22.2. The Morgan fingerprint density at radius 2 is 1.84 bits per heavy atom. The lowest BCUT2D eigenvalue weighted by molar-refractivity contribution is -0.119. The molecular formula is C25H34N6O. The topological polar surface area (TPSA) is 75.1 Å². The largest absolute Gasteiger partial charge is 0.296 e. The van der Waals surface area contributed by atoms with Crippen LogP contribution < -0.4 is 4.90 Å². The van der Waals surface area contributed by atoms with Crippen LogP contribution in [0, 0.1) is 12.8 Å². The van der Waals surface area contributed by atoms with Crippen molar-refractivity contribution in [2.75, 3.05) is 18.0 Å². The lowest BCUT2D eigenvalue weighted by atomic mass is 9.99. The van der Waals surface area contributed by atoms with Crippen LogP contribution >= 0.6 is 0 Å². The Hall–Kier alpha value is -2.41. The van der Waals surface area contributed by atoms with E-state index in [-0.39, 0.29) is 11.9 Å². The van der Waals surface area contributed by atoms with Crippen molar-refractivity contribution < 1.29 is 4.79 Å². The fourth-order valence-corrected chi connectivity index (χ4v) is 4.95. The van der Waals surface area contributed by atoms with Crippen molar-refractivity contribution in [3.05, 3.63) is 40.9 Å². The van der Waals surface area contributed by atoms with Crippen molar-refractivity contribution in [1.82, 2.24) is 24.8 Å². The van der Waals surface area contributed by atoms with Gasteiger partial charge >= 0.3 is 0 Å². The second-order valence-corrected chi connectivity index (χ2v) is 10.0. The molecule has 1 saturated carbocycles. The van der Waals surface area contributed by atoms with Crippen molar-refractivity contribution in [2.24, 2.45) is 5.92 Å². The zero-order valence-electron chi connectivity index (χ0n) is 19.5. The third-order valence-electron chi connectivity index (χ3n) is 7.03. The summed E-state index contributed by atoms with van der Waals surface area (Å²) in [4.78, 5) is 36.3. The maximum Gasteiger partial charge on any atom is 0.228 e. The van der Waals surface area contributed by atoms with Gasteiger partial charge in [0.25, 0.3) is 0 Å². The first-order valence-electron chi connectivity index (χ1n) is 12.2. The van der Waals surface area contributed by atoms with Crippen LogP contribution in [0.15, 0.2) is 12.4 Å². The molecule has 0 bridgehead atoms. The molecule has 1 atom stereocenters. The second kappa shape index (κ2) is 8.85. The minimum atomic E-state index is 0.164. The fourth-order valence-electron chi connectivity index (χ4n) is 4.95. The Bertz CT molecular complexity index is 985. The Morgan fingerprint density at radius 3 is 2.56 bits per heavy atom. The molecule has 7 heteroatoms. The van der Waals surface area contributed by atoms with Gasteiger partial charge in [0.2, 0.25) is 5.91 Å². The predicted molar refractivity (Wildman–Crippen MR) is 123 cm³/mol. The van der Waals surface area contributed by atoms with Crippen molar-refractivity contribution >= 4 is 11.7 Å². The van der Waals surface area contributed by atoms with Crippen molar-refractivity contribution in [1.29, 1.82) is 0 Å². The van der Waals surface area contributed by atoms with E-state index < -0.39 is 0 Å². The first-order chi connectivity index (χ1) is 15.5. The third kappa shape index (κ3) is 4.40. The van der Waals surface area contributed by atoms with Crippen LogP contribution in [0.2, 0.25) is 0 Å². The summed E-state index contributed by atoms with van der Waals surface area (Å²) < 4.78 is 0. The highest BCUT2D eigenvalue weighted by molar-refractivity contribution is 5.95. The number of rotatable bonds is 6. The van der Waals surface area contributed by atoms with Crippen LogP contribution in [0.5, 0.6) is 0 Å². The van der Waals surface area contributed by atoms with E-state index in [0.717, 1.165) is 66.8 Å². The summed E-state index contributed by atoms with van der Waals surface area (Å²) in [6.45, 7) is 8.94. The highest BCUT2D eigenvalue weighted by atomic mass is 16.2. The van der Waals surface area contributed by atoms with Crippen LogP contribution in [0.4, 0.5) is 5.82 Å². The van der Waals surface area contributed by atoms with Gasteiger partial charge in [-0.2, -0.15) is 0 Å². The normalized spacial score (nSPS) is 21.8. The molecule has 1 saturated heterocycles. The van der Waals surface area contributed by atoms with Crippen molar-refractivity contribution in [3.63, 3.8) is 0 Å². The zero-order valence-corrected chi connectivity index (χ0v) is 19.5. The van der Waals surface area contributed by atoms with Crippen molar-refractivity contribution in [2.45, 2.75) is 84.2 Å². The summed E-state index contributed by atoms with van der Waals surface area (Å²) in [5, 5.41) is 0. The molecule has 1 amide bonds. The maximum absolute atomic E-state index is 12.7. The number of anilines is 1. The van der Waals surface area contributed by atoms with Crippen LogP contribution in [-0.4, -0.2) is 43.8 Å². The number of carbonyl (C=O) groups excluding carboxylic acids is 1. The molecule has 2 fully saturated rings. The molecule has 2 aliphatic heterocycles. The van der Waals surface area contributed by atoms with Crippen molar-refractivity contribution in [3.8, 4) is 0 Å². The summed E-state index contributed by atoms with van der Waals surface area (Å²) in [6, 6.07) is 0.164. The molecule has 4 heterocycles. The monoisotopic (exact) mass is 434 g/mol. The summed E-state index contributed by atoms with van der Waals surface area (Å²) in [5.74, 6) is 3.83. The van der Waals surface area contributed by atoms with E-state index in [4.69, 9.17) is 9.97 Å². The summed E-state index contributed by atoms with van der Waals surface area (Å²) in [6.07, 6.45) is 11.1. The van der Waals surface area contributed by atoms with Gasteiger partial charge in [0.15, 0.2) is 0 Å². The average Bonchev–Trinajstić information content (AvgIpc) is 3.61. The minimum absolute atomic E-state index is 0.164. The number of hydrogen-bond donors (Lipinski definition) is 0. The second-order valence-electron chi connectivity index (χ2n) is 10.0. The fraction of sp³-hybridized carbons (Fsp3) is 0.640. The lowest BCUT2D eigenvalue weighted by Crippen LogP contribution is -2.39. The molecule has 0 spiro atoms. The molecule has 1 unspecified atom stereocenters. The van der Waals surface area contributed by atoms with Gasteiger partial charge in [-0.05, 0) is 51.5 Å². The number of piperidine rings is 1. The van der Waals surface area contributed by atoms with Gasteiger partial charge in [-0.15, -0.1) is 0 Å². The SMILES string of the molecule is Cc1nc(C2CCCCN2Cc2cnc(C(C)C)nc2)nc2c1CCC(=O)N2CC1CC1. The quantitative estimate of drug-likeness (QED) is 0.681. The van der Waals surface area contributed by atoms with Gasteiger partial charge in [-0.25, -0.2) is 19.9 Å². The molecule has 0 N–H and O–H groups in total. The number of hydrogen-bond acceptors (Lipinski definition) is 6. The number of likely N-dealkylation sites (tertiary alicyclic amines) is 1. The molecular weight excluding hydrogens is 400 g/mol. The molecule has 0 radical (unpaired) electrons. The van der Waals surface area contributed by atoms with Gasteiger partial charge in [0, 0.05) is 54.6 Å². The Labute approximate surface area is 190 Å². The Kier molecular flexibility index (Phi) is 5.93. The van der Waals surface area contributed by atoms with Crippen LogP contribution in [0.25, 0.3) is 0 Å². The van der Waals surface area contributed by atoms with Gasteiger partial charge < -0.3 is 0 Å². The first-order valence-corrected chi connectivity index (χ1v) is 12.2. The van der Waals surface area contributed by atoms with E-state index in [9.17, 15) is 4.79 Å². The predicted octanol–water partition coefficient (Wildman–Crippen LogP) is 4.11. The molecule has 3 aliphatic rings. The summed E-state index contributed by atoms with van der Waals surface area (Å²) in [7, 11) is 0. The minimum Gasteiger partial charge on any atom is -0.296 e. The first kappa shape index (κ1) is 21.4. The molecule has 2 aromatic heterocycles. The van der Waals surface area contributed by atoms with Crippen LogP contribution in [0.1, 0.15) is 92.8 Å². The molecule has 1 aliphatic carbocycles. The van der Waals surface area contributed by atoms with Crippen LogP contribution in [-0.2, 0) is 17.8 Å². The van der Waals surface area contributed by atoms with Gasteiger partial charge in [0.05, 0.1) is 6.04 Å². The number of fused-ring (bicyclic) bond motifs is 1. The number of carbonyl (C=O) groups is 1. The smallest absolute Gasteiger partial charge is 0.228 e. The molecule has 2 aromatic rings. The molecule has 5 rings (SSSR count). The van der Waals surface area contributed by atoms with E-state index in [1.165, 1.54) is 25.7 Å². The lowest BCUT2D eigenvalue weighted by Gasteiger charge is -2.36.